The minimum Gasteiger partial charge on any atom is -0.387 e. The van der Waals surface area contributed by atoms with E-state index in [2.05, 4.69) is 26.8 Å². The van der Waals surface area contributed by atoms with Gasteiger partial charge in [-0.15, -0.1) is 0 Å². The number of benzene rings is 1. The van der Waals surface area contributed by atoms with Crippen molar-refractivity contribution in [2.45, 2.75) is 25.6 Å². The van der Waals surface area contributed by atoms with Crippen molar-refractivity contribution in [3.63, 3.8) is 0 Å². The van der Waals surface area contributed by atoms with Crippen LogP contribution in [0, 0.1) is 0 Å². The van der Waals surface area contributed by atoms with Crippen LogP contribution in [0.4, 0.5) is 0 Å². The molecule has 1 fully saturated rings. The summed E-state index contributed by atoms with van der Waals surface area (Å²) in [5.74, 6) is 0. The molecule has 1 aromatic carbocycles. The molecular weight excluding hydrogens is 290 g/mol. The molecule has 0 spiro atoms. The third-order valence-corrected chi connectivity index (χ3v) is 4.55. The normalized spacial score (nSPS) is 21.4. The molecule has 0 radical (unpaired) electrons. The maximum Gasteiger partial charge on any atom is 0.137 e. The molecule has 0 bridgehead atoms. The molecule has 0 amide bonds. The standard InChI is InChI=1S/C17H25N5O/c1-15-11-20(8-10-22-14-18-13-19-22)7-9-21(15)12-17(23)16-5-3-2-4-6-16/h2-6,13-15,17,23H,7-12H2,1H3/t15-,17-/m0/s1. The van der Waals surface area contributed by atoms with Crippen molar-refractivity contribution in [1.29, 1.82) is 0 Å². The van der Waals surface area contributed by atoms with Crippen molar-refractivity contribution in [2.75, 3.05) is 32.7 Å². The molecule has 6 nitrogen and oxygen atoms in total. The fourth-order valence-electron chi connectivity index (χ4n) is 3.14. The van der Waals surface area contributed by atoms with Crippen LogP contribution in [0.15, 0.2) is 43.0 Å². The van der Waals surface area contributed by atoms with E-state index in [1.807, 2.05) is 35.0 Å². The summed E-state index contributed by atoms with van der Waals surface area (Å²) in [6, 6.07) is 10.4. The molecular formula is C17H25N5O. The topological polar surface area (TPSA) is 57.4 Å². The van der Waals surface area contributed by atoms with Crippen molar-refractivity contribution >= 4 is 0 Å². The lowest BCUT2D eigenvalue weighted by Gasteiger charge is -2.40. The van der Waals surface area contributed by atoms with Gasteiger partial charge in [0.15, 0.2) is 0 Å². The third-order valence-electron chi connectivity index (χ3n) is 4.55. The maximum absolute atomic E-state index is 10.4. The zero-order chi connectivity index (χ0) is 16.1. The number of aliphatic hydroxyl groups excluding tert-OH is 1. The number of aliphatic hydroxyl groups is 1. The third kappa shape index (κ3) is 4.37. The van der Waals surface area contributed by atoms with Gasteiger partial charge < -0.3 is 5.11 Å². The first-order valence-electron chi connectivity index (χ1n) is 8.24. The SMILES string of the molecule is C[C@H]1CN(CCn2cncn2)CCN1C[C@H](O)c1ccccc1. The lowest BCUT2D eigenvalue weighted by Crippen LogP contribution is -2.53. The number of aromatic nitrogens is 3. The van der Waals surface area contributed by atoms with Gasteiger partial charge in [-0.2, -0.15) is 5.10 Å². The van der Waals surface area contributed by atoms with Gasteiger partial charge in [0, 0.05) is 38.8 Å². The molecule has 1 saturated heterocycles. The molecule has 0 unspecified atom stereocenters. The van der Waals surface area contributed by atoms with Gasteiger partial charge in [0.05, 0.1) is 12.6 Å². The van der Waals surface area contributed by atoms with Crippen molar-refractivity contribution in [3.05, 3.63) is 48.5 Å². The van der Waals surface area contributed by atoms with E-state index < -0.39 is 6.10 Å². The first-order valence-corrected chi connectivity index (χ1v) is 8.24. The first kappa shape index (κ1) is 16.1. The molecule has 2 aromatic rings. The number of piperazine rings is 1. The highest BCUT2D eigenvalue weighted by Crippen LogP contribution is 2.17. The highest BCUT2D eigenvalue weighted by atomic mass is 16.3. The Labute approximate surface area is 137 Å². The van der Waals surface area contributed by atoms with Gasteiger partial charge in [0.2, 0.25) is 0 Å². The Bertz CT molecular complexity index is 574. The lowest BCUT2D eigenvalue weighted by molar-refractivity contribution is 0.0375. The molecule has 0 aliphatic carbocycles. The summed E-state index contributed by atoms with van der Waals surface area (Å²) in [4.78, 5) is 8.81. The summed E-state index contributed by atoms with van der Waals surface area (Å²) < 4.78 is 1.87. The van der Waals surface area contributed by atoms with Crippen molar-refractivity contribution in [3.8, 4) is 0 Å². The fourth-order valence-corrected chi connectivity index (χ4v) is 3.14. The van der Waals surface area contributed by atoms with E-state index in [0.29, 0.717) is 12.6 Å². The van der Waals surface area contributed by atoms with Crippen LogP contribution in [0.2, 0.25) is 0 Å². The largest absolute Gasteiger partial charge is 0.387 e. The van der Waals surface area contributed by atoms with Crippen molar-refractivity contribution in [1.82, 2.24) is 24.6 Å². The molecule has 2 heterocycles. The highest BCUT2D eigenvalue weighted by molar-refractivity contribution is 5.17. The first-order chi connectivity index (χ1) is 11.2. The van der Waals surface area contributed by atoms with E-state index in [1.54, 1.807) is 12.7 Å². The highest BCUT2D eigenvalue weighted by Gasteiger charge is 2.25. The van der Waals surface area contributed by atoms with Gasteiger partial charge in [-0.1, -0.05) is 30.3 Å². The van der Waals surface area contributed by atoms with Crippen LogP contribution >= 0.6 is 0 Å². The molecule has 1 aliphatic heterocycles. The second-order valence-corrected chi connectivity index (χ2v) is 6.23. The van der Waals surface area contributed by atoms with Crippen LogP contribution in [-0.2, 0) is 6.54 Å². The zero-order valence-electron chi connectivity index (χ0n) is 13.6. The summed E-state index contributed by atoms with van der Waals surface area (Å²) >= 11 is 0. The van der Waals surface area contributed by atoms with Gasteiger partial charge in [-0.05, 0) is 12.5 Å². The Morgan fingerprint density at radius 1 is 1.22 bits per heavy atom. The van der Waals surface area contributed by atoms with E-state index in [4.69, 9.17) is 0 Å². The molecule has 1 aliphatic rings. The Morgan fingerprint density at radius 2 is 2.04 bits per heavy atom. The lowest BCUT2D eigenvalue weighted by atomic mass is 10.1. The van der Waals surface area contributed by atoms with E-state index in [-0.39, 0.29) is 0 Å². The minimum atomic E-state index is -0.416. The number of hydrogen-bond donors (Lipinski definition) is 1. The number of nitrogens with zero attached hydrogens (tertiary/aromatic N) is 5. The molecule has 1 aromatic heterocycles. The van der Waals surface area contributed by atoms with Crippen LogP contribution in [-0.4, -0.2) is 68.4 Å². The summed E-state index contributed by atoms with van der Waals surface area (Å²) in [5, 5.41) is 14.6. The second-order valence-electron chi connectivity index (χ2n) is 6.23. The average Bonchev–Trinajstić information content (AvgIpc) is 3.09. The Morgan fingerprint density at radius 3 is 2.74 bits per heavy atom. The van der Waals surface area contributed by atoms with Crippen LogP contribution in [0.5, 0.6) is 0 Å². The number of β-amino-alcohol motifs (C(OH)–C–C–N with tert-alkyl or cyclic N) is 1. The molecule has 0 saturated carbocycles. The van der Waals surface area contributed by atoms with Crippen molar-refractivity contribution < 1.29 is 5.11 Å². The minimum absolute atomic E-state index is 0.416. The van der Waals surface area contributed by atoms with Crippen LogP contribution in [0.25, 0.3) is 0 Å². The predicted molar refractivity (Wildman–Crippen MR) is 88.9 cm³/mol. The summed E-state index contributed by atoms with van der Waals surface area (Å²) in [6.07, 6.45) is 2.92. The maximum atomic E-state index is 10.4. The second kappa shape index (κ2) is 7.68. The Kier molecular flexibility index (Phi) is 5.38. The summed E-state index contributed by atoms with van der Waals surface area (Å²) in [7, 11) is 0. The molecule has 124 valence electrons. The van der Waals surface area contributed by atoms with Gasteiger partial charge >= 0.3 is 0 Å². The Balaban J connectivity index is 1.46. The van der Waals surface area contributed by atoms with Crippen LogP contribution < -0.4 is 0 Å². The molecule has 23 heavy (non-hydrogen) atoms. The number of hydrogen-bond acceptors (Lipinski definition) is 5. The van der Waals surface area contributed by atoms with E-state index in [9.17, 15) is 5.11 Å². The molecule has 1 N–H and O–H groups in total. The monoisotopic (exact) mass is 315 g/mol. The smallest absolute Gasteiger partial charge is 0.137 e. The predicted octanol–water partition coefficient (Wildman–Crippen LogP) is 1.02. The molecule has 6 heteroatoms. The van der Waals surface area contributed by atoms with Gasteiger partial charge in [-0.25, -0.2) is 4.98 Å². The van der Waals surface area contributed by atoms with Gasteiger partial charge in [0.1, 0.15) is 12.7 Å². The van der Waals surface area contributed by atoms with Crippen LogP contribution in [0.3, 0.4) is 0 Å². The quantitative estimate of drug-likeness (QED) is 0.862. The summed E-state index contributed by atoms with van der Waals surface area (Å²) in [5.41, 5.74) is 0.994. The molecule has 3 rings (SSSR count). The van der Waals surface area contributed by atoms with E-state index >= 15 is 0 Å². The average molecular weight is 315 g/mol. The van der Waals surface area contributed by atoms with Crippen molar-refractivity contribution in [2.24, 2.45) is 0 Å². The van der Waals surface area contributed by atoms with E-state index in [1.165, 1.54) is 0 Å². The van der Waals surface area contributed by atoms with Crippen LogP contribution in [0.1, 0.15) is 18.6 Å². The van der Waals surface area contributed by atoms with Gasteiger partial charge in [0.25, 0.3) is 0 Å². The Hall–Kier alpha value is -1.76. The zero-order valence-corrected chi connectivity index (χ0v) is 13.6. The summed E-state index contributed by atoms with van der Waals surface area (Å²) in [6.45, 7) is 7.84. The number of rotatable bonds is 6. The molecule has 2 atom stereocenters. The van der Waals surface area contributed by atoms with Gasteiger partial charge in [-0.3, -0.25) is 14.5 Å². The van der Waals surface area contributed by atoms with E-state index in [0.717, 1.165) is 38.3 Å². The fraction of sp³-hybridized carbons (Fsp3) is 0.529.